The van der Waals surface area contributed by atoms with E-state index in [4.69, 9.17) is 4.74 Å². The monoisotopic (exact) mass is 307 g/mol. The van der Waals surface area contributed by atoms with Crippen LogP contribution < -0.4 is 15.5 Å². The number of carbonyl (C=O) groups excluding carboxylic acids is 2. The topological polar surface area (TPSA) is 100 Å². The molecule has 0 aliphatic carbocycles. The molecule has 7 nitrogen and oxygen atoms in total. The highest BCUT2D eigenvalue weighted by Gasteiger charge is 2.11. The molecule has 0 bridgehead atoms. The van der Waals surface area contributed by atoms with Gasteiger partial charge in [0.1, 0.15) is 0 Å². The minimum Gasteiger partial charge on any atom is -0.504 e. The molecule has 1 aromatic rings. The van der Waals surface area contributed by atoms with Crippen LogP contribution in [-0.2, 0) is 9.59 Å². The summed E-state index contributed by atoms with van der Waals surface area (Å²) in [5.41, 5.74) is 2.76. The number of ether oxygens (including phenoxy) is 1. The lowest BCUT2D eigenvalue weighted by Gasteiger charge is -2.06. The third-order valence-corrected chi connectivity index (χ3v) is 2.69. The van der Waals surface area contributed by atoms with E-state index in [-0.39, 0.29) is 5.75 Å². The maximum atomic E-state index is 11.4. The molecule has 120 valence electrons. The number of aromatic hydroxyl groups is 1. The Balaban J connectivity index is 2.53. The average molecular weight is 307 g/mol. The van der Waals surface area contributed by atoms with Crippen LogP contribution in [0, 0.1) is 0 Å². The molecular formula is C15H21N3O4. The van der Waals surface area contributed by atoms with Gasteiger partial charge in [0, 0.05) is 6.54 Å². The smallest absolute Gasteiger partial charge is 0.329 e. The summed E-state index contributed by atoms with van der Waals surface area (Å²) in [7, 11) is 0. The van der Waals surface area contributed by atoms with Crippen molar-refractivity contribution in [3.63, 3.8) is 0 Å². The van der Waals surface area contributed by atoms with Crippen LogP contribution in [0.1, 0.15) is 32.3 Å². The molecule has 22 heavy (non-hydrogen) atoms. The number of nitrogens with zero attached hydrogens (tertiary/aromatic N) is 1. The van der Waals surface area contributed by atoms with Gasteiger partial charge in [0.25, 0.3) is 0 Å². The minimum atomic E-state index is -0.823. The van der Waals surface area contributed by atoms with Crippen molar-refractivity contribution in [3.05, 3.63) is 23.8 Å². The number of carbonyl (C=O) groups is 2. The van der Waals surface area contributed by atoms with Crippen molar-refractivity contribution in [1.82, 2.24) is 10.7 Å². The first kappa shape index (κ1) is 17.5. The van der Waals surface area contributed by atoms with Crippen molar-refractivity contribution in [2.24, 2.45) is 5.10 Å². The number of hydrogen-bond acceptors (Lipinski definition) is 5. The van der Waals surface area contributed by atoms with Crippen molar-refractivity contribution < 1.29 is 19.4 Å². The fraction of sp³-hybridized carbons (Fsp3) is 0.400. The number of benzene rings is 1. The first-order chi connectivity index (χ1) is 10.6. The van der Waals surface area contributed by atoms with Gasteiger partial charge in [-0.25, -0.2) is 5.43 Å². The van der Waals surface area contributed by atoms with Crippen LogP contribution in [0.4, 0.5) is 0 Å². The standard InChI is InChI=1S/C15H21N3O4/c1-3-5-8-16-14(20)15(21)18-17-10-11-6-7-12(19)13(9-11)22-4-2/h6-7,9-10,19H,3-5,8H2,1-2H3,(H,16,20)(H,18,21)/b17-10-. The number of amides is 2. The second-order valence-electron chi connectivity index (χ2n) is 4.47. The van der Waals surface area contributed by atoms with Gasteiger partial charge in [0.2, 0.25) is 0 Å². The first-order valence-electron chi connectivity index (χ1n) is 7.15. The summed E-state index contributed by atoms with van der Waals surface area (Å²) < 4.78 is 5.23. The van der Waals surface area contributed by atoms with Gasteiger partial charge in [-0.15, -0.1) is 0 Å². The second-order valence-corrected chi connectivity index (χ2v) is 4.47. The zero-order valence-corrected chi connectivity index (χ0v) is 12.8. The zero-order chi connectivity index (χ0) is 16.4. The number of phenols is 1. The van der Waals surface area contributed by atoms with E-state index in [9.17, 15) is 14.7 Å². The molecule has 0 fully saturated rings. The second kappa shape index (κ2) is 9.38. The summed E-state index contributed by atoms with van der Waals surface area (Å²) >= 11 is 0. The van der Waals surface area contributed by atoms with Crippen molar-refractivity contribution in [3.8, 4) is 11.5 Å². The molecule has 2 amide bonds. The van der Waals surface area contributed by atoms with E-state index < -0.39 is 11.8 Å². The summed E-state index contributed by atoms with van der Waals surface area (Å²) in [4.78, 5) is 22.8. The Hall–Kier alpha value is -2.57. The zero-order valence-electron chi connectivity index (χ0n) is 12.8. The molecule has 0 aliphatic heterocycles. The third kappa shape index (κ3) is 5.82. The van der Waals surface area contributed by atoms with E-state index in [0.717, 1.165) is 12.8 Å². The predicted octanol–water partition coefficient (Wildman–Crippen LogP) is 1.16. The number of hydrazone groups is 1. The van der Waals surface area contributed by atoms with Crippen LogP contribution in [0.15, 0.2) is 23.3 Å². The summed E-state index contributed by atoms with van der Waals surface area (Å²) in [5, 5.41) is 15.7. The summed E-state index contributed by atoms with van der Waals surface area (Å²) in [6.45, 7) is 4.67. The molecule has 1 rings (SSSR count). The highest BCUT2D eigenvalue weighted by molar-refractivity contribution is 6.35. The maximum Gasteiger partial charge on any atom is 0.329 e. The highest BCUT2D eigenvalue weighted by Crippen LogP contribution is 2.26. The van der Waals surface area contributed by atoms with Gasteiger partial charge < -0.3 is 15.2 Å². The molecule has 1 aromatic carbocycles. The molecule has 0 radical (unpaired) electrons. The SMILES string of the molecule is CCCCNC(=O)C(=O)N/N=C\c1ccc(O)c(OCC)c1. The van der Waals surface area contributed by atoms with Gasteiger partial charge in [-0.1, -0.05) is 13.3 Å². The average Bonchev–Trinajstić information content (AvgIpc) is 2.50. The van der Waals surface area contributed by atoms with Crippen LogP contribution in [-0.4, -0.2) is 36.3 Å². The molecule has 0 aromatic heterocycles. The molecule has 0 saturated carbocycles. The lowest BCUT2D eigenvalue weighted by atomic mass is 10.2. The Labute approximate surface area is 129 Å². The Morgan fingerprint density at radius 3 is 2.77 bits per heavy atom. The summed E-state index contributed by atoms with van der Waals surface area (Å²) in [6.07, 6.45) is 3.11. The van der Waals surface area contributed by atoms with Crippen LogP contribution in [0.25, 0.3) is 0 Å². The third-order valence-electron chi connectivity index (χ3n) is 2.69. The lowest BCUT2D eigenvalue weighted by Crippen LogP contribution is -2.38. The fourth-order valence-electron chi connectivity index (χ4n) is 1.56. The minimum absolute atomic E-state index is 0.0262. The van der Waals surface area contributed by atoms with E-state index in [1.54, 1.807) is 19.1 Å². The molecule has 0 atom stereocenters. The predicted molar refractivity (Wildman–Crippen MR) is 82.9 cm³/mol. The number of unbranched alkanes of at least 4 members (excludes halogenated alkanes) is 1. The quantitative estimate of drug-likeness (QED) is 0.304. The van der Waals surface area contributed by atoms with Gasteiger partial charge in [-0.05, 0) is 37.1 Å². The van der Waals surface area contributed by atoms with E-state index >= 15 is 0 Å². The molecule has 0 saturated heterocycles. The molecule has 0 spiro atoms. The number of phenolic OH excluding ortho intramolecular Hbond substituents is 1. The van der Waals surface area contributed by atoms with E-state index in [2.05, 4.69) is 15.8 Å². The lowest BCUT2D eigenvalue weighted by molar-refractivity contribution is -0.139. The largest absolute Gasteiger partial charge is 0.504 e. The first-order valence-corrected chi connectivity index (χ1v) is 7.15. The molecule has 3 N–H and O–H groups in total. The van der Waals surface area contributed by atoms with Gasteiger partial charge in [-0.3, -0.25) is 9.59 Å². The fourth-order valence-corrected chi connectivity index (χ4v) is 1.56. The van der Waals surface area contributed by atoms with Crippen molar-refractivity contribution >= 4 is 18.0 Å². The summed E-state index contributed by atoms with van der Waals surface area (Å²) in [6, 6.07) is 4.65. The molecule has 7 heteroatoms. The number of hydrogen-bond donors (Lipinski definition) is 3. The Morgan fingerprint density at radius 2 is 2.09 bits per heavy atom. The van der Waals surface area contributed by atoms with Crippen LogP contribution in [0.3, 0.4) is 0 Å². The van der Waals surface area contributed by atoms with Gasteiger partial charge in [0.05, 0.1) is 12.8 Å². The van der Waals surface area contributed by atoms with Crippen LogP contribution in [0.2, 0.25) is 0 Å². The molecule has 0 unspecified atom stereocenters. The van der Waals surface area contributed by atoms with Gasteiger partial charge in [0.15, 0.2) is 11.5 Å². The molecular weight excluding hydrogens is 286 g/mol. The number of rotatable bonds is 7. The van der Waals surface area contributed by atoms with Crippen molar-refractivity contribution in [2.75, 3.05) is 13.2 Å². The number of nitrogens with one attached hydrogen (secondary N) is 2. The van der Waals surface area contributed by atoms with Crippen molar-refractivity contribution in [2.45, 2.75) is 26.7 Å². The van der Waals surface area contributed by atoms with E-state index in [0.29, 0.717) is 24.5 Å². The van der Waals surface area contributed by atoms with Gasteiger partial charge in [-0.2, -0.15) is 5.10 Å². The maximum absolute atomic E-state index is 11.4. The highest BCUT2D eigenvalue weighted by atomic mass is 16.5. The Kier molecular flexibility index (Phi) is 7.45. The normalized spacial score (nSPS) is 10.5. The molecule has 0 aliphatic rings. The Bertz CT molecular complexity index is 544. The van der Waals surface area contributed by atoms with Crippen molar-refractivity contribution in [1.29, 1.82) is 0 Å². The van der Waals surface area contributed by atoms with E-state index in [1.165, 1.54) is 12.3 Å². The van der Waals surface area contributed by atoms with Gasteiger partial charge >= 0.3 is 11.8 Å². The summed E-state index contributed by atoms with van der Waals surface area (Å²) in [5.74, 6) is -1.18. The molecule has 0 heterocycles. The van der Waals surface area contributed by atoms with Crippen LogP contribution >= 0.6 is 0 Å². The van der Waals surface area contributed by atoms with E-state index in [1.807, 2.05) is 6.92 Å². The Morgan fingerprint density at radius 1 is 1.32 bits per heavy atom. The van der Waals surface area contributed by atoms with Crippen LogP contribution in [0.5, 0.6) is 11.5 Å².